The molecule has 0 aliphatic heterocycles. The molecule has 5 aromatic rings. The molecule has 0 fully saturated rings. The van der Waals surface area contributed by atoms with Crippen molar-refractivity contribution in [2.24, 2.45) is 0 Å². The minimum Gasteiger partial charge on any atom is -0.373 e. The number of carbonyl (C=O) groups is 1. The summed E-state index contributed by atoms with van der Waals surface area (Å²) in [5.74, 6) is 0.372. The van der Waals surface area contributed by atoms with Crippen molar-refractivity contribution in [3.05, 3.63) is 137 Å². The number of nitrogens with one attached hydrogen (secondary N) is 1. The first-order valence-electron chi connectivity index (χ1n) is 11.8. The van der Waals surface area contributed by atoms with Crippen LogP contribution in [0.2, 0.25) is 0 Å². The highest BCUT2D eigenvalue weighted by molar-refractivity contribution is 5.97. The first-order chi connectivity index (χ1) is 17.1. The number of nitrogens with zero attached hydrogens (tertiary/aromatic N) is 2. The fourth-order valence-corrected chi connectivity index (χ4v) is 4.52. The third-order valence-corrected chi connectivity index (χ3v) is 6.33. The van der Waals surface area contributed by atoms with Crippen LogP contribution in [0.4, 0.5) is 0 Å². The Hall–Kier alpha value is -4.22. The quantitative estimate of drug-likeness (QED) is 0.347. The van der Waals surface area contributed by atoms with E-state index in [1.807, 2.05) is 115 Å². The van der Waals surface area contributed by atoms with Gasteiger partial charge in [-0.3, -0.25) is 4.79 Å². The van der Waals surface area contributed by atoms with Crippen molar-refractivity contribution in [2.75, 3.05) is 0 Å². The second-order valence-corrected chi connectivity index (χ2v) is 8.49. The van der Waals surface area contributed by atoms with Crippen molar-refractivity contribution in [1.82, 2.24) is 14.9 Å². The van der Waals surface area contributed by atoms with Crippen molar-refractivity contribution >= 4 is 16.9 Å². The molecule has 35 heavy (non-hydrogen) atoms. The molecule has 0 radical (unpaired) electrons. The Balaban J connectivity index is 1.58. The number of amides is 1. The van der Waals surface area contributed by atoms with Gasteiger partial charge in [0.05, 0.1) is 11.0 Å². The van der Waals surface area contributed by atoms with E-state index in [0.717, 1.165) is 27.7 Å². The first-order valence-corrected chi connectivity index (χ1v) is 11.8. The lowest BCUT2D eigenvalue weighted by molar-refractivity contribution is 0.0951. The van der Waals surface area contributed by atoms with E-state index in [9.17, 15) is 9.90 Å². The standard InChI is InChI=1S/C30H27N3O2/c1-2-33-27-20-23(28(34)31-21-22-12-6-3-7-13-22)18-19-26(27)32-29(33)30(35,24-14-8-4-9-15-24)25-16-10-5-11-17-25/h3-20,35H,2,21H2,1H3,(H,31,34). The number of fused-ring (bicyclic) bond motifs is 1. The molecule has 5 heteroatoms. The summed E-state index contributed by atoms with van der Waals surface area (Å²) >= 11 is 0. The van der Waals surface area contributed by atoms with Gasteiger partial charge in [0.2, 0.25) is 0 Å². The van der Waals surface area contributed by atoms with Gasteiger partial charge in [-0.1, -0.05) is 91.0 Å². The van der Waals surface area contributed by atoms with Crippen molar-refractivity contribution in [1.29, 1.82) is 0 Å². The lowest BCUT2D eigenvalue weighted by Gasteiger charge is -2.29. The molecule has 0 aliphatic rings. The zero-order valence-electron chi connectivity index (χ0n) is 19.6. The van der Waals surface area contributed by atoms with Crippen LogP contribution in [0, 0.1) is 0 Å². The second-order valence-electron chi connectivity index (χ2n) is 8.49. The van der Waals surface area contributed by atoms with Crippen molar-refractivity contribution in [3.8, 4) is 0 Å². The molecule has 0 unspecified atom stereocenters. The summed E-state index contributed by atoms with van der Waals surface area (Å²) in [4.78, 5) is 17.8. The predicted molar refractivity (Wildman–Crippen MR) is 138 cm³/mol. The maximum atomic E-state index is 12.9. The van der Waals surface area contributed by atoms with Crippen LogP contribution in [-0.2, 0) is 18.7 Å². The van der Waals surface area contributed by atoms with Crippen LogP contribution in [0.1, 0.15) is 39.8 Å². The molecule has 1 aromatic heterocycles. The number of aryl methyl sites for hydroxylation is 1. The van der Waals surface area contributed by atoms with E-state index in [1.54, 1.807) is 6.07 Å². The van der Waals surface area contributed by atoms with Crippen molar-refractivity contribution < 1.29 is 9.90 Å². The van der Waals surface area contributed by atoms with Crippen LogP contribution in [-0.4, -0.2) is 20.6 Å². The minimum absolute atomic E-state index is 0.150. The Labute approximate surface area is 204 Å². The third kappa shape index (κ3) is 4.22. The molecular formula is C30H27N3O2. The largest absolute Gasteiger partial charge is 0.373 e. The van der Waals surface area contributed by atoms with Crippen molar-refractivity contribution in [2.45, 2.75) is 25.6 Å². The summed E-state index contributed by atoms with van der Waals surface area (Å²) in [6.07, 6.45) is 0. The SMILES string of the molecule is CCn1c(C(O)(c2ccccc2)c2ccccc2)nc2ccc(C(=O)NCc3ccccc3)cc21. The highest BCUT2D eigenvalue weighted by Gasteiger charge is 2.38. The number of rotatable bonds is 7. The lowest BCUT2D eigenvalue weighted by atomic mass is 9.85. The monoisotopic (exact) mass is 461 g/mol. The van der Waals surface area contributed by atoms with Gasteiger partial charge in [0.15, 0.2) is 11.4 Å². The number of hydrogen-bond acceptors (Lipinski definition) is 3. The number of aliphatic hydroxyl groups is 1. The summed E-state index contributed by atoms with van der Waals surface area (Å²) in [5.41, 5.74) is 3.14. The third-order valence-electron chi connectivity index (χ3n) is 6.33. The fourth-order valence-electron chi connectivity index (χ4n) is 4.52. The van der Waals surface area contributed by atoms with Crippen LogP contribution in [0.5, 0.6) is 0 Å². The van der Waals surface area contributed by atoms with Crippen LogP contribution in [0.15, 0.2) is 109 Å². The van der Waals surface area contributed by atoms with E-state index in [1.165, 1.54) is 0 Å². The minimum atomic E-state index is -1.45. The highest BCUT2D eigenvalue weighted by atomic mass is 16.3. The molecule has 1 amide bonds. The number of benzene rings is 4. The molecule has 0 aliphatic carbocycles. The Morgan fingerprint density at radius 1 is 0.857 bits per heavy atom. The van der Waals surface area contributed by atoms with E-state index in [4.69, 9.17) is 4.98 Å². The van der Waals surface area contributed by atoms with Gasteiger partial charge in [-0.2, -0.15) is 0 Å². The predicted octanol–water partition coefficient (Wildman–Crippen LogP) is 5.27. The lowest BCUT2D eigenvalue weighted by Crippen LogP contribution is -2.32. The maximum absolute atomic E-state index is 12.9. The number of hydrogen-bond donors (Lipinski definition) is 2. The summed E-state index contributed by atoms with van der Waals surface area (Å²) in [6, 6.07) is 34.5. The average molecular weight is 462 g/mol. The normalized spacial score (nSPS) is 11.5. The van der Waals surface area contributed by atoms with Crippen LogP contribution < -0.4 is 5.32 Å². The van der Waals surface area contributed by atoms with E-state index in [2.05, 4.69) is 5.32 Å². The van der Waals surface area contributed by atoms with E-state index >= 15 is 0 Å². The summed E-state index contributed by atoms with van der Waals surface area (Å²) in [7, 11) is 0. The number of aromatic nitrogens is 2. The average Bonchev–Trinajstić information content (AvgIpc) is 3.31. The molecule has 0 spiro atoms. The molecule has 1 heterocycles. The molecular weight excluding hydrogens is 434 g/mol. The molecule has 0 bridgehead atoms. The smallest absolute Gasteiger partial charge is 0.251 e. The van der Waals surface area contributed by atoms with Gasteiger partial charge >= 0.3 is 0 Å². The van der Waals surface area contributed by atoms with Gasteiger partial charge in [0.25, 0.3) is 5.91 Å². The number of imidazole rings is 1. The zero-order chi connectivity index (χ0) is 24.3. The second kappa shape index (κ2) is 9.57. The summed E-state index contributed by atoms with van der Waals surface area (Å²) < 4.78 is 1.99. The molecule has 5 rings (SSSR count). The molecule has 174 valence electrons. The molecule has 0 saturated carbocycles. The fraction of sp³-hybridized carbons (Fsp3) is 0.133. The van der Waals surface area contributed by atoms with E-state index in [0.29, 0.717) is 24.5 Å². The highest BCUT2D eigenvalue weighted by Crippen LogP contribution is 2.37. The summed E-state index contributed by atoms with van der Waals surface area (Å²) in [6.45, 7) is 3.06. The van der Waals surface area contributed by atoms with Crippen LogP contribution in [0.3, 0.4) is 0 Å². The molecule has 0 atom stereocenters. The maximum Gasteiger partial charge on any atom is 0.251 e. The summed E-state index contributed by atoms with van der Waals surface area (Å²) in [5, 5.41) is 15.3. The Kier molecular flexibility index (Phi) is 6.17. The Morgan fingerprint density at radius 3 is 2.00 bits per heavy atom. The molecule has 5 nitrogen and oxygen atoms in total. The van der Waals surface area contributed by atoms with Crippen LogP contribution in [0.25, 0.3) is 11.0 Å². The van der Waals surface area contributed by atoms with Gasteiger partial charge in [0.1, 0.15) is 0 Å². The van der Waals surface area contributed by atoms with Crippen LogP contribution >= 0.6 is 0 Å². The van der Waals surface area contributed by atoms with Gasteiger partial charge in [-0.25, -0.2) is 4.98 Å². The van der Waals surface area contributed by atoms with Gasteiger partial charge in [-0.05, 0) is 41.8 Å². The van der Waals surface area contributed by atoms with Gasteiger partial charge in [0, 0.05) is 18.7 Å². The first kappa shape index (κ1) is 22.6. The van der Waals surface area contributed by atoms with Gasteiger partial charge < -0.3 is 15.0 Å². The van der Waals surface area contributed by atoms with E-state index in [-0.39, 0.29) is 5.91 Å². The molecule has 0 saturated heterocycles. The van der Waals surface area contributed by atoms with Gasteiger partial charge in [-0.15, -0.1) is 0 Å². The Bertz CT molecular complexity index is 1410. The zero-order valence-corrected chi connectivity index (χ0v) is 19.6. The van der Waals surface area contributed by atoms with E-state index < -0.39 is 5.60 Å². The number of carbonyl (C=O) groups excluding carboxylic acids is 1. The molecule has 2 N–H and O–H groups in total. The van der Waals surface area contributed by atoms with Crippen molar-refractivity contribution in [3.63, 3.8) is 0 Å². The topological polar surface area (TPSA) is 67.1 Å². The molecule has 4 aromatic carbocycles. The Morgan fingerprint density at radius 2 is 1.43 bits per heavy atom.